The van der Waals surface area contributed by atoms with Crippen molar-refractivity contribution >= 4 is 16.8 Å². The number of rotatable bonds is 5. The third kappa shape index (κ3) is 4.62. The number of amides is 1. The topological polar surface area (TPSA) is 61.3 Å². The van der Waals surface area contributed by atoms with Crippen molar-refractivity contribution in [3.8, 4) is 11.3 Å². The van der Waals surface area contributed by atoms with Gasteiger partial charge in [-0.1, -0.05) is 19.9 Å². The van der Waals surface area contributed by atoms with E-state index in [9.17, 15) is 9.59 Å². The lowest BCUT2D eigenvalue weighted by Crippen LogP contribution is -2.42. The van der Waals surface area contributed by atoms with E-state index in [1.807, 2.05) is 50.1 Å². The van der Waals surface area contributed by atoms with Crippen LogP contribution in [0.25, 0.3) is 22.2 Å². The summed E-state index contributed by atoms with van der Waals surface area (Å²) in [6.07, 6.45) is 3.92. The number of hydrogen-bond donors (Lipinski definition) is 1. The van der Waals surface area contributed by atoms with Gasteiger partial charge in [0.2, 0.25) is 5.91 Å². The number of likely N-dealkylation sites (N-methyl/N-ethyl adjacent to an activating group) is 1. The average molecular weight is 449 g/mol. The van der Waals surface area contributed by atoms with Gasteiger partial charge in [0.25, 0.3) is 5.56 Å². The number of nitrogens with zero attached hydrogens (tertiary/aromatic N) is 3. The van der Waals surface area contributed by atoms with Crippen molar-refractivity contribution in [2.24, 2.45) is 7.05 Å². The molecule has 3 aromatic rings. The highest BCUT2D eigenvalue weighted by Gasteiger charge is 2.25. The highest BCUT2D eigenvalue weighted by Crippen LogP contribution is 2.38. The Morgan fingerprint density at radius 1 is 1.18 bits per heavy atom. The largest absolute Gasteiger partial charge is 0.354 e. The molecule has 6 nitrogen and oxygen atoms in total. The van der Waals surface area contributed by atoms with Gasteiger partial charge < -0.3 is 19.4 Å². The van der Waals surface area contributed by atoms with Crippen molar-refractivity contribution in [2.75, 3.05) is 33.7 Å². The summed E-state index contributed by atoms with van der Waals surface area (Å²) in [7, 11) is 5.69. The molecule has 1 fully saturated rings. The van der Waals surface area contributed by atoms with E-state index in [4.69, 9.17) is 0 Å². The van der Waals surface area contributed by atoms with Crippen molar-refractivity contribution in [2.45, 2.75) is 45.4 Å². The van der Waals surface area contributed by atoms with Gasteiger partial charge in [-0.15, -0.1) is 0 Å². The Bertz CT molecular complexity index is 1200. The molecule has 2 aromatic heterocycles. The number of carbonyl (C=O) groups excluding carboxylic acids is 1. The average Bonchev–Trinajstić information content (AvgIpc) is 3.16. The number of H-pyrrole nitrogens is 1. The molecule has 33 heavy (non-hydrogen) atoms. The molecule has 3 heterocycles. The number of aromatic nitrogens is 2. The van der Waals surface area contributed by atoms with Crippen LogP contribution in [-0.2, 0) is 11.8 Å². The number of benzene rings is 1. The number of nitrogens with one attached hydrogen (secondary N) is 1. The van der Waals surface area contributed by atoms with E-state index in [0.29, 0.717) is 18.4 Å². The molecule has 0 radical (unpaired) electrons. The molecular formula is C27H36N4O2. The molecular weight excluding hydrogens is 412 g/mol. The number of piperidine rings is 1. The highest BCUT2D eigenvalue weighted by atomic mass is 16.2. The molecule has 4 rings (SSSR count). The molecule has 6 heteroatoms. The van der Waals surface area contributed by atoms with Crippen LogP contribution in [0.1, 0.15) is 55.2 Å². The number of aromatic amines is 1. The normalized spacial score (nSPS) is 15.2. The molecule has 0 aliphatic carbocycles. The molecule has 1 aliphatic heterocycles. The Balaban J connectivity index is 1.65. The van der Waals surface area contributed by atoms with Crippen molar-refractivity contribution in [1.29, 1.82) is 0 Å². The van der Waals surface area contributed by atoms with Gasteiger partial charge in [-0.3, -0.25) is 9.59 Å². The van der Waals surface area contributed by atoms with Crippen LogP contribution in [0.4, 0.5) is 0 Å². The standard InChI is InChI=1S/C27H36N4O2/c1-17(2)25-22-14-20(19-9-11-31(12-10-19)24(32)16-29(4)5)7-8-23(22)28-26(25)21-13-18(3)27(33)30(6)15-21/h7-8,13-15,17,19,28H,9-12,16H2,1-6H3. The third-order valence-corrected chi connectivity index (χ3v) is 6.86. The summed E-state index contributed by atoms with van der Waals surface area (Å²) >= 11 is 0. The minimum atomic E-state index is 0.0404. The molecule has 176 valence electrons. The fourth-order valence-corrected chi connectivity index (χ4v) is 5.16. The van der Waals surface area contributed by atoms with Crippen LogP contribution in [0.5, 0.6) is 0 Å². The smallest absolute Gasteiger partial charge is 0.253 e. The first-order chi connectivity index (χ1) is 15.7. The summed E-state index contributed by atoms with van der Waals surface area (Å²) in [5, 5.41) is 1.26. The Kier molecular flexibility index (Phi) is 6.48. The van der Waals surface area contributed by atoms with Crippen LogP contribution < -0.4 is 5.56 Å². The Hall–Kier alpha value is -2.86. The monoisotopic (exact) mass is 448 g/mol. The summed E-state index contributed by atoms with van der Waals surface area (Å²) in [6.45, 7) is 8.44. The van der Waals surface area contributed by atoms with Gasteiger partial charge in [0.05, 0.1) is 12.2 Å². The van der Waals surface area contributed by atoms with Crippen LogP contribution in [-0.4, -0.2) is 59.0 Å². The van der Waals surface area contributed by atoms with E-state index in [0.717, 1.165) is 48.3 Å². The van der Waals surface area contributed by atoms with E-state index in [1.165, 1.54) is 16.5 Å². The van der Waals surface area contributed by atoms with Crippen molar-refractivity contribution in [3.05, 3.63) is 57.5 Å². The van der Waals surface area contributed by atoms with E-state index in [1.54, 1.807) is 4.57 Å². The Morgan fingerprint density at radius 3 is 2.48 bits per heavy atom. The predicted molar refractivity (Wildman–Crippen MR) is 135 cm³/mol. The zero-order chi connectivity index (χ0) is 23.9. The third-order valence-electron chi connectivity index (χ3n) is 6.86. The molecule has 1 aliphatic rings. The first-order valence-corrected chi connectivity index (χ1v) is 11.9. The maximum absolute atomic E-state index is 12.4. The van der Waals surface area contributed by atoms with Crippen LogP contribution in [0.2, 0.25) is 0 Å². The zero-order valence-corrected chi connectivity index (χ0v) is 20.7. The number of likely N-dealkylation sites (tertiary alicyclic amines) is 1. The minimum Gasteiger partial charge on any atom is -0.354 e. The molecule has 1 saturated heterocycles. The second-order valence-corrected chi connectivity index (χ2v) is 10.1. The van der Waals surface area contributed by atoms with Crippen molar-refractivity contribution < 1.29 is 4.79 Å². The number of fused-ring (bicyclic) bond motifs is 1. The van der Waals surface area contributed by atoms with Crippen LogP contribution in [0.3, 0.4) is 0 Å². The molecule has 0 bridgehead atoms. The van der Waals surface area contributed by atoms with Crippen molar-refractivity contribution in [1.82, 2.24) is 19.4 Å². The van der Waals surface area contributed by atoms with E-state index in [2.05, 4.69) is 37.0 Å². The predicted octanol–water partition coefficient (Wildman–Crippen LogP) is 4.23. The second kappa shape index (κ2) is 9.18. The van der Waals surface area contributed by atoms with Gasteiger partial charge in [-0.25, -0.2) is 0 Å². The molecule has 1 aromatic carbocycles. The van der Waals surface area contributed by atoms with Gasteiger partial charge in [0.1, 0.15) is 0 Å². The minimum absolute atomic E-state index is 0.0404. The summed E-state index contributed by atoms with van der Waals surface area (Å²) in [4.78, 5) is 32.2. The molecule has 0 spiro atoms. The lowest BCUT2D eigenvalue weighted by molar-refractivity contribution is -0.132. The molecule has 1 N–H and O–H groups in total. The molecule has 0 unspecified atom stereocenters. The zero-order valence-electron chi connectivity index (χ0n) is 20.7. The van der Waals surface area contributed by atoms with Crippen LogP contribution in [0.15, 0.2) is 35.3 Å². The van der Waals surface area contributed by atoms with Crippen molar-refractivity contribution in [3.63, 3.8) is 0 Å². The first kappa shape index (κ1) is 23.3. The quantitative estimate of drug-likeness (QED) is 0.635. The van der Waals surface area contributed by atoms with Gasteiger partial charge in [0, 0.05) is 48.4 Å². The van der Waals surface area contributed by atoms with Gasteiger partial charge in [-0.05, 0) is 75.0 Å². The van der Waals surface area contributed by atoms with E-state index >= 15 is 0 Å². The Morgan fingerprint density at radius 2 is 1.88 bits per heavy atom. The lowest BCUT2D eigenvalue weighted by atomic mass is 9.87. The number of carbonyl (C=O) groups is 1. The van der Waals surface area contributed by atoms with Gasteiger partial charge in [0.15, 0.2) is 0 Å². The molecule has 1 amide bonds. The van der Waals surface area contributed by atoms with E-state index < -0.39 is 0 Å². The van der Waals surface area contributed by atoms with Gasteiger partial charge in [-0.2, -0.15) is 0 Å². The summed E-state index contributed by atoms with van der Waals surface area (Å²) in [6, 6.07) is 8.76. The van der Waals surface area contributed by atoms with Crippen LogP contribution >= 0.6 is 0 Å². The maximum Gasteiger partial charge on any atom is 0.253 e. The summed E-state index contributed by atoms with van der Waals surface area (Å²) < 4.78 is 1.66. The Labute approximate surface area is 196 Å². The lowest BCUT2D eigenvalue weighted by Gasteiger charge is -2.33. The fourth-order valence-electron chi connectivity index (χ4n) is 5.16. The summed E-state index contributed by atoms with van der Waals surface area (Å²) in [5.74, 6) is 1.03. The molecule has 0 saturated carbocycles. The SMILES string of the molecule is Cc1cc(-c2[nH]c3ccc(C4CCN(C(=O)CN(C)C)CC4)cc3c2C(C)C)cn(C)c1=O. The second-order valence-electron chi connectivity index (χ2n) is 10.1. The van der Waals surface area contributed by atoms with Gasteiger partial charge >= 0.3 is 0 Å². The van der Waals surface area contributed by atoms with Crippen LogP contribution in [0, 0.1) is 6.92 Å². The van der Waals surface area contributed by atoms with E-state index in [-0.39, 0.29) is 11.5 Å². The maximum atomic E-state index is 12.4. The molecule has 0 atom stereocenters. The number of hydrogen-bond acceptors (Lipinski definition) is 3. The number of aryl methyl sites for hydroxylation is 2. The number of pyridine rings is 1. The first-order valence-electron chi connectivity index (χ1n) is 11.9. The summed E-state index contributed by atoms with van der Waals surface area (Å²) in [5.41, 5.74) is 6.71. The fraction of sp³-hybridized carbons (Fsp3) is 0.481. The highest BCUT2D eigenvalue weighted by molar-refractivity contribution is 5.92.